The number of hydrogen-bond acceptors (Lipinski definition) is 3. The first-order valence-corrected chi connectivity index (χ1v) is 8.27. The number of rotatable bonds is 4. The highest BCUT2D eigenvalue weighted by molar-refractivity contribution is 5.39. The van der Waals surface area contributed by atoms with Gasteiger partial charge in [-0.15, -0.1) is 0 Å². The summed E-state index contributed by atoms with van der Waals surface area (Å²) < 4.78 is 5.55. The van der Waals surface area contributed by atoms with Crippen LogP contribution < -0.4 is 4.74 Å². The zero-order valence-electron chi connectivity index (χ0n) is 13.3. The molecule has 0 saturated carbocycles. The summed E-state index contributed by atoms with van der Waals surface area (Å²) in [7, 11) is 0. The molecule has 0 aromatic heterocycles. The molecule has 0 aliphatic carbocycles. The lowest BCUT2D eigenvalue weighted by atomic mass is 9.85. The Labute approximate surface area is 127 Å². The molecule has 0 atom stereocenters. The monoisotopic (exact) mass is 289 g/mol. The number of benzene rings is 1. The molecule has 3 rings (SSSR count). The molecule has 2 heterocycles. The van der Waals surface area contributed by atoms with Crippen LogP contribution in [0.5, 0.6) is 5.75 Å². The Balaban J connectivity index is 1.55. The van der Waals surface area contributed by atoms with Crippen molar-refractivity contribution in [3.05, 3.63) is 29.3 Å². The Kier molecular flexibility index (Phi) is 4.23. The quantitative estimate of drug-likeness (QED) is 0.925. The molecular formula is C18H27NO2. The van der Waals surface area contributed by atoms with Gasteiger partial charge in [-0.05, 0) is 56.7 Å². The van der Waals surface area contributed by atoms with E-state index >= 15 is 0 Å². The zero-order valence-corrected chi connectivity index (χ0v) is 13.3. The molecule has 2 aliphatic heterocycles. The summed E-state index contributed by atoms with van der Waals surface area (Å²) in [6.07, 6.45) is 4.67. The largest absolute Gasteiger partial charge is 0.493 e. The van der Waals surface area contributed by atoms with Crippen LogP contribution in [0.2, 0.25) is 0 Å². The van der Waals surface area contributed by atoms with Gasteiger partial charge in [-0.25, -0.2) is 0 Å². The number of aliphatic hydroxyl groups is 1. The first-order chi connectivity index (χ1) is 10.1. The van der Waals surface area contributed by atoms with Crippen LogP contribution in [-0.2, 0) is 12.8 Å². The van der Waals surface area contributed by atoms with E-state index in [0.717, 1.165) is 57.6 Å². The van der Waals surface area contributed by atoms with Crippen LogP contribution in [0.1, 0.15) is 44.2 Å². The highest BCUT2D eigenvalue weighted by atomic mass is 16.5. The predicted octanol–water partition coefficient (Wildman–Crippen LogP) is 2.79. The molecule has 1 aromatic carbocycles. The topological polar surface area (TPSA) is 32.7 Å². The fourth-order valence-electron chi connectivity index (χ4n) is 3.48. The van der Waals surface area contributed by atoms with Gasteiger partial charge in [0, 0.05) is 25.6 Å². The van der Waals surface area contributed by atoms with Crippen LogP contribution in [-0.4, -0.2) is 41.3 Å². The van der Waals surface area contributed by atoms with E-state index in [1.807, 2.05) is 0 Å². The van der Waals surface area contributed by atoms with Crippen molar-refractivity contribution in [2.45, 2.75) is 57.6 Å². The molecule has 3 nitrogen and oxygen atoms in total. The molecule has 2 aliphatic rings. The molecule has 1 aromatic rings. The molecule has 1 saturated heterocycles. The molecule has 3 heteroatoms. The summed E-state index contributed by atoms with van der Waals surface area (Å²) in [5.74, 6) is 1.04. The van der Waals surface area contributed by atoms with Crippen molar-refractivity contribution in [3.63, 3.8) is 0 Å². The van der Waals surface area contributed by atoms with E-state index in [1.165, 1.54) is 11.1 Å². The van der Waals surface area contributed by atoms with Crippen LogP contribution in [0.25, 0.3) is 0 Å². The van der Waals surface area contributed by atoms with Crippen molar-refractivity contribution < 1.29 is 9.84 Å². The third-order valence-corrected chi connectivity index (χ3v) is 5.09. The molecule has 0 unspecified atom stereocenters. The summed E-state index contributed by atoms with van der Waals surface area (Å²) in [4.78, 5) is 2.46. The Bertz CT molecular complexity index is 490. The van der Waals surface area contributed by atoms with Gasteiger partial charge in [0.2, 0.25) is 0 Å². The lowest BCUT2D eigenvalue weighted by Gasteiger charge is -2.40. The van der Waals surface area contributed by atoms with Crippen molar-refractivity contribution in [3.8, 4) is 5.75 Å². The van der Waals surface area contributed by atoms with E-state index in [0.29, 0.717) is 6.04 Å². The SMILES string of the molecule is CC(C)N1CCC(O)(CCc2ccc3c(c2)CCO3)CC1. The van der Waals surface area contributed by atoms with E-state index in [2.05, 4.69) is 36.9 Å². The Hall–Kier alpha value is -1.06. The highest BCUT2D eigenvalue weighted by Crippen LogP contribution is 2.30. The first kappa shape index (κ1) is 14.9. The van der Waals surface area contributed by atoms with E-state index in [4.69, 9.17) is 4.74 Å². The van der Waals surface area contributed by atoms with Crippen molar-refractivity contribution in [2.24, 2.45) is 0 Å². The fraction of sp³-hybridized carbons (Fsp3) is 0.667. The number of hydrogen-bond donors (Lipinski definition) is 1. The van der Waals surface area contributed by atoms with Gasteiger partial charge in [0.25, 0.3) is 0 Å². The number of nitrogens with zero attached hydrogens (tertiary/aromatic N) is 1. The number of fused-ring (bicyclic) bond motifs is 1. The molecule has 0 radical (unpaired) electrons. The molecule has 21 heavy (non-hydrogen) atoms. The van der Waals surface area contributed by atoms with Gasteiger partial charge in [-0.1, -0.05) is 12.1 Å². The van der Waals surface area contributed by atoms with Gasteiger partial charge in [-0.2, -0.15) is 0 Å². The maximum Gasteiger partial charge on any atom is 0.122 e. The molecule has 1 fully saturated rings. The molecule has 0 amide bonds. The maximum atomic E-state index is 10.8. The van der Waals surface area contributed by atoms with Crippen LogP contribution in [0.3, 0.4) is 0 Å². The van der Waals surface area contributed by atoms with Gasteiger partial charge < -0.3 is 14.7 Å². The molecule has 0 spiro atoms. The van der Waals surface area contributed by atoms with Gasteiger partial charge in [0.15, 0.2) is 0 Å². The molecule has 116 valence electrons. The van der Waals surface area contributed by atoms with E-state index in [1.54, 1.807) is 0 Å². The van der Waals surface area contributed by atoms with Crippen molar-refractivity contribution in [2.75, 3.05) is 19.7 Å². The highest BCUT2D eigenvalue weighted by Gasteiger charge is 2.32. The number of ether oxygens (including phenoxy) is 1. The Morgan fingerprint density at radius 2 is 2.05 bits per heavy atom. The van der Waals surface area contributed by atoms with E-state index in [-0.39, 0.29) is 0 Å². The van der Waals surface area contributed by atoms with Crippen molar-refractivity contribution in [1.29, 1.82) is 0 Å². The van der Waals surface area contributed by atoms with Crippen LogP contribution in [0.15, 0.2) is 18.2 Å². The van der Waals surface area contributed by atoms with E-state index < -0.39 is 5.60 Å². The average Bonchev–Trinajstić information content (AvgIpc) is 2.93. The summed E-state index contributed by atoms with van der Waals surface area (Å²) >= 11 is 0. The summed E-state index contributed by atoms with van der Waals surface area (Å²) in [6, 6.07) is 7.08. The third kappa shape index (κ3) is 3.41. The smallest absolute Gasteiger partial charge is 0.122 e. The van der Waals surface area contributed by atoms with Crippen LogP contribution in [0, 0.1) is 0 Å². The minimum absolute atomic E-state index is 0.471. The fourth-order valence-corrected chi connectivity index (χ4v) is 3.48. The first-order valence-electron chi connectivity index (χ1n) is 8.27. The minimum Gasteiger partial charge on any atom is -0.493 e. The van der Waals surface area contributed by atoms with Gasteiger partial charge in [-0.3, -0.25) is 0 Å². The summed E-state index contributed by atoms with van der Waals surface area (Å²) in [5, 5.41) is 10.8. The van der Waals surface area contributed by atoms with Crippen molar-refractivity contribution in [1.82, 2.24) is 4.90 Å². The Morgan fingerprint density at radius 3 is 2.76 bits per heavy atom. The minimum atomic E-state index is -0.471. The lowest BCUT2D eigenvalue weighted by Crippen LogP contribution is -2.46. The molecular weight excluding hydrogens is 262 g/mol. The van der Waals surface area contributed by atoms with Crippen LogP contribution in [0.4, 0.5) is 0 Å². The van der Waals surface area contributed by atoms with E-state index in [9.17, 15) is 5.11 Å². The summed E-state index contributed by atoms with van der Waals surface area (Å²) in [5.41, 5.74) is 2.19. The molecule has 1 N–H and O–H groups in total. The van der Waals surface area contributed by atoms with Gasteiger partial charge >= 0.3 is 0 Å². The number of piperidine rings is 1. The standard InChI is InChI=1S/C18H27NO2/c1-14(2)19-10-8-18(20,9-11-19)7-5-15-3-4-17-16(13-15)6-12-21-17/h3-4,13-14,20H,5-12H2,1-2H3. The number of likely N-dealkylation sites (tertiary alicyclic amines) is 1. The van der Waals surface area contributed by atoms with Gasteiger partial charge in [0.1, 0.15) is 5.75 Å². The Morgan fingerprint density at radius 1 is 1.29 bits per heavy atom. The zero-order chi connectivity index (χ0) is 14.9. The predicted molar refractivity (Wildman–Crippen MR) is 84.9 cm³/mol. The maximum absolute atomic E-state index is 10.8. The third-order valence-electron chi connectivity index (χ3n) is 5.09. The van der Waals surface area contributed by atoms with Crippen molar-refractivity contribution >= 4 is 0 Å². The second-order valence-corrected chi connectivity index (χ2v) is 6.89. The summed E-state index contributed by atoms with van der Waals surface area (Å²) in [6.45, 7) is 7.32. The number of aryl methyl sites for hydroxylation is 1. The normalized spacial score (nSPS) is 21.3. The second kappa shape index (κ2) is 5.98. The lowest BCUT2D eigenvalue weighted by molar-refractivity contribution is -0.0334. The second-order valence-electron chi connectivity index (χ2n) is 6.89. The van der Waals surface area contributed by atoms with Crippen LogP contribution >= 0.6 is 0 Å². The average molecular weight is 289 g/mol. The molecule has 0 bridgehead atoms. The van der Waals surface area contributed by atoms with Gasteiger partial charge in [0.05, 0.1) is 12.2 Å².